The lowest BCUT2D eigenvalue weighted by molar-refractivity contribution is 0.371. The standard InChI is InChI=1S/C8H11FNO4P/c1-14-7-3-5(4-15(11,12)13)2-6(9)8(7)10/h2-3H,4,10H2,1H3,(H2,11,12,13). The van der Waals surface area contributed by atoms with Gasteiger partial charge in [0.15, 0.2) is 0 Å². The molecule has 1 aromatic carbocycles. The van der Waals surface area contributed by atoms with Gasteiger partial charge in [0.25, 0.3) is 0 Å². The van der Waals surface area contributed by atoms with Crippen LogP contribution in [0.25, 0.3) is 0 Å². The second-order valence-electron chi connectivity index (χ2n) is 3.02. The molecule has 0 bridgehead atoms. The van der Waals surface area contributed by atoms with Gasteiger partial charge in [-0.3, -0.25) is 4.57 Å². The molecule has 0 spiro atoms. The Bertz CT molecular complexity index is 417. The Balaban J connectivity index is 3.12. The molecule has 0 saturated carbocycles. The predicted octanol–water partition coefficient (Wildman–Crippen LogP) is 1.09. The number of halogens is 1. The number of benzene rings is 1. The molecule has 0 aliphatic heterocycles. The van der Waals surface area contributed by atoms with E-state index in [9.17, 15) is 8.96 Å². The zero-order chi connectivity index (χ0) is 11.6. The molecule has 0 aliphatic rings. The molecule has 0 aromatic heterocycles. The van der Waals surface area contributed by atoms with E-state index in [1.54, 1.807) is 0 Å². The van der Waals surface area contributed by atoms with Crippen LogP contribution in [0.3, 0.4) is 0 Å². The van der Waals surface area contributed by atoms with Crippen molar-refractivity contribution >= 4 is 13.3 Å². The molecule has 0 heterocycles. The van der Waals surface area contributed by atoms with Crippen molar-refractivity contribution in [2.24, 2.45) is 0 Å². The molecular formula is C8H11FNO4P. The van der Waals surface area contributed by atoms with Crippen molar-refractivity contribution in [1.82, 2.24) is 0 Å². The van der Waals surface area contributed by atoms with E-state index in [2.05, 4.69) is 0 Å². The summed E-state index contributed by atoms with van der Waals surface area (Å²) in [5.41, 5.74) is 5.30. The fraction of sp³-hybridized carbons (Fsp3) is 0.250. The van der Waals surface area contributed by atoms with E-state index in [0.717, 1.165) is 6.07 Å². The predicted molar refractivity (Wildman–Crippen MR) is 53.1 cm³/mol. The fourth-order valence-corrected chi connectivity index (χ4v) is 1.80. The van der Waals surface area contributed by atoms with Gasteiger partial charge < -0.3 is 20.3 Å². The minimum Gasteiger partial charge on any atom is -0.494 e. The van der Waals surface area contributed by atoms with Crippen molar-refractivity contribution in [2.75, 3.05) is 12.8 Å². The van der Waals surface area contributed by atoms with Crippen LogP contribution in [-0.2, 0) is 10.7 Å². The van der Waals surface area contributed by atoms with Crippen LogP contribution < -0.4 is 10.5 Å². The lowest BCUT2D eigenvalue weighted by atomic mass is 10.2. The van der Waals surface area contributed by atoms with Crippen LogP contribution in [0.2, 0.25) is 0 Å². The van der Waals surface area contributed by atoms with Crippen molar-refractivity contribution in [2.45, 2.75) is 6.16 Å². The zero-order valence-electron chi connectivity index (χ0n) is 7.98. The monoisotopic (exact) mass is 235 g/mol. The first-order valence-electron chi connectivity index (χ1n) is 4.00. The topological polar surface area (TPSA) is 92.8 Å². The minimum absolute atomic E-state index is 0.0680. The quantitative estimate of drug-likeness (QED) is 0.538. The Kier molecular flexibility index (Phi) is 3.34. The third kappa shape index (κ3) is 3.20. The van der Waals surface area contributed by atoms with Crippen LogP contribution >= 0.6 is 7.60 Å². The van der Waals surface area contributed by atoms with Gasteiger partial charge in [-0.15, -0.1) is 0 Å². The summed E-state index contributed by atoms with van der Waals surface area (Å²) >= 11 is 0. The second kappa shape index (κ2) is 4.18. The molecule has 0 saturated heterocycles. The van der Waals surface area contributed by atoms with E-state index in [4.69, 9.17) is 20.3 Å². The average molecular weight is 235 g/mol. The van der Waals surface area contributed by atoms with Gasteiger partial charge >= 0.3 is 7.60 Å². The zero-order valence-corrected chi connectivity index (χ0v) is 8.87. The molecular weight excluding hydrogens is 224 g/mol. The van der Waals surface area contributed by atoms with Crippen molar-refractivity contribution in [3.05, 3.63) is 23.5 Å². The molecule has 0 aliphatic carbocycles. The Morgan fingerprint density at radius 3 is 2.60 bits per heavy atom. The largest absolute Gasteiger partial charge is 0.494 e. The molecule has 0 radical (unpaired) electrons. The summed E-state index contributed by atoms with van der Waals surface area (Å²) in [7, 11) is -2.92. The van der Waals surface area contributed by atoms with Gasteiger partial charge in [0.05, 0.1) is 13.3 Å². The first-order chi connectivity index (χ1) is 6.83. The molecule has 84 valence electrons. The van der Waals surface area contributed by atoms with Gasteiger partial charge in [0.1, 0.15) is 17.3 Å². The van der Waals surface area contributed by atoms with Crippen LogP contribution in [0.5, 0.6) is 5.75 Å². The third-order valence-corrected chi connectivity index (χ3v) is 2.54. The smallest absolute Gasteiger partial charge is 0.329 e. The van der Waals surface area contributed by atoms with E-state index >= 15 is 0 Å². The van der Waals surface area contributed by atoms with E-state index < -0.39 is 19.6 Å². The third-order valence-electron chi connectivity index (χ3n) is 1.76. The van der Waals surface area contributed by atoms with Crippen molar-refractivity contribution in [3.63, 3.8) is 0 Å². The molecule has 1 aromatic rings. The maximum Gasteiger partial charge on any atom is 0.329 e. The summed E-state index contributed by atoms with van der Waals surface area (Å²) in [5.74, 6) is -0.684. The van der Waals surface area contributed by atoms with Gasteiger partial charge in [0.2, 0.25) is 0 Å². The highest BCUT2D eigenvalue weighted by molar-refractivity contribution is 7.50. The van der Waals surface area contributed by atoms with E-state index in [1.807, 2.05) is 0 Å². The number of ether oxygens (including phenoxy) is 1. The molecule has 5 nitrogen and oxygen atoms in total. The van der Waals surface area contributed by atoms with E-state index in [0.29, 0.717) is 0 Å². The minimum atomic E-state index is -4.22. The van der Waals surface area contributed by atoms with Crippen LogP contribution in [0.15, 0.2) is 12.1 Å². The van der Waals surface area contributed by atoms with Crippen LogP contribution in [0.4, 0.5) is 10.1 Å². The SMILES string of the molecule is COc1cc(CP(=O)(O)O)cc(F)c1N. The maximum atomic E-state index is 13.1. The van der Waals surface area contributed by atoms with Crippen LogP contribution in [0.1, 0.15) is 5.56 Å². The van der Waals surface area contributed by atoms with Gasteiger partial charge in [-0.2, -0.15) is 0 Å². The Labute approximate surface area is 85.8 Å². The van der Waals surface area contributed by atoms with E-state index in [1.165, 1.54) is 13.2 Å². The normalized spacial score (nSPS) is 11.5. The van der Waals surface area contributed by atoms with Crippen LogP contribution in [0, 0.1) is 5.82 Å². The van der Waals surface area contributed by atoms with Crippen molar-refractivity contribution in [3.8, 4) is 5.75 Å². The highest BCUT2D eigenvalue weighted by atomic mass is 31.2. The average Bonchev–Trinajstić information content (AvgIpc) is 2.08. The van der Waals surface area contributed by atoms with Gasteiger partial charge in [-0.25, -0.2) is 4.39 Å². The summed E-state index contributed by atoms with van der Waals surface area (Å²) < 4.78 is 28.6. The molecule has 7 heteroatoms. The molecule has 4 N–H and O–H groups in total. The summed E-state index contributed by atoms with van der Waals surface area (Å²) in [6.07, 6.45) is -0.541. The van der Waals surface area contributed by atoms with Gasteiger partial charge in [0, 0.05) is 0 Å². The first kappa shape index (κ1) is 12.0. The fourth-order valence-electron chi connectivity index (χ4n) is 1.14. The first-order valence-corrected chi connectivity index (χ1v) is 5.79. The lowest BCUT2D eigenvalue weighted by Gasteiger charge is -2.09. The highest BCUT2D eigenvalue weighted by Gasteiger charge is 2.17. The number of hydrogen-bond donors (Lipinski definition) is 3. The molecule has 1 rings (SSSR count). The highest BCUT2D eigenvalue weighted by Crippen LogP contribution is 2.40. The summed E-state index contributed by atoms with van der Waals surface area (Å²) in [6, 6.07) is 2.29. The number of rotatable bonds is 3. The molecule has 0 fully saturated rings. The number of nitrogen functional groups attached to an aromatic ring is 1. The molecule has 0 unspecified atom stereocenters. The van der Waals surface area contributed by atoms with Crippen molar-refractivity contribution < 1.29 is 23.5 Å². The second-order valence-corrected chi connectivity index (χ2v) is 4.66. The summed E-state index contributed by atoms with van der Waals surface area (Å²) in [5, 5.41) is 0. The summed E-state index contributed by atoms with van der Waals surface area (Å²) in [6.45, 7) is 0. The molecule has 15 heavy (non-hydrogen) atoms. The Morgan fingerprint density at radius 1 is 1.53 bits per heavy atom. The molecule has 0 amide bonds. The molecule has 0 atom stereocenters. The van der Waals surface area contributed by atoms with Crippen LogP contribution in [-0.4, -0.2) is 16.9 Å². The van der Waals surface area contributed by atoms with Crippen molar-refractivity contribution in [1.29, 1.82) is 0 Å². The Hall–Kier alpha value is -1.10. The maximum absolute atomic E-state index is 13.1. The number of nitrogens with two attached hydrogens (primary N) is 1. The Morgan fingerprint density at radius 2 is 2.13 bits per heavy atom. The number of hydrogen-bond acceptors (Lipinski definition) is 3. The lowest BCUT2D eigenvalue weighted by Crippen LogP contribution is -1.98. The number of methoxy groups -OCH3 is 1. The van der Waals surface area contributed by atoms with Gasteiger partial charge in [-0.05, 0) is 17.7 Å². The van der Waals surface area contributed by atoms with E-state index in [-0.39, 0.29) is 17.0 Å². The summed E-state index contributed by atoms with van der Waals surface area (Å²) in [4.78, 5) is 17.4. The number of anilines is 1. The van der Waals surface area contributed by atoms with Gasteiger partial charge in [-0.1, -0.05) is 0 Å².